The number of aromatic nitrogens is 2. The number of thiophene rings is 1. The van der Waals surface area contributed by atoms with Crippen molar-refractivity contribution >= 4 is 27.4 Å². The molecule has 172 valence electrons. The number of morpholine rings is 1. The summed E-state index contributed by atoms with van der Waals surface area (Å²) in [4.78, 5) is 16.5. The topological polar surface area (TPSA) is 60.0 Å². The zero-order valence-corrected chi connectivity index (χ0v) is 20.2. The van der Waals surface area contributed by atoms with Crippen LogP contribution in [-0.2, 0) is 11.3 Å². The summed E-state index contributed by atoms with van der Waals surface area (Å²) in [5, 5.41) is 1.16. The smallest absolute Gasteiger partial charge is 0.165 e. The van der Waals surface area contributed by atoms with E-state index in [0.29, 0.717) is 6.54 Å². The van der Waals surface area contributed by atoms with Crippen LogP contribution in [0.25, 0.3) is 10.2 Å². The molecule has 1 aliphatic rings. The summed E-state index contributed by atoms with van der Waals surface area (Å²) in [5.41, 5.74) is 2.34. The fourth-order valence-corrected chi connectivity index (χ4v) is 5.25. The van der Waals surface area contributed by atoms with Crippen LogP contribution in [-0.4, -0.2) is 68.5 Å². The van der Waals surface area contributed by atoms with Crippen LogP contribution in [0.3, 0.4) is 0 Å². The summed E-state index contributed by atoms with van der Waals surface area (Å²) >= 11 is 1.73. The fourth-order valence-electron chi connectivity index (χ4n) is 4.26. The lowest BCUT2D eigenvalue weighted by molar-refractivity contribution is 0.0376. The minimum atomic E-state index is 0.684. The fraction of sp³-hybridized carbons (Fsp3) is 0.500. The summed E-state index contributed by atoms with van der Waals surface area (Å²) < 4.78 is 16.7. The lowest BCUT2D eigenvalue weighted by atomic mass is 10.1. The van der Waals surface area contributed by atoms with Crippen LogP contribution in [0.2, 0.25) is 0 Å². The maximum Gasteiger partial charge on any atom is 0.165 e. The van der Waals surface area contributed by atoms with E-state index in [1.54, 1.807) is 31.9 Å². The second kappa shape index (κ2) is 10.5. The average Bonchev–Trinajstić information content (AvgIpc) is 3.12. The van der Waals surface area contributed by atoms with Gasteiger partial charge in [0.2, 0.25) is 0 Å². The third-order valence-electron chi connectivity index (χ3n) is 6.10. The minimum Gasteiger partial charge on any atom is -0.493 e. The van der Waals surface area contributed by atoms with E-state index >= 15 is 0 Å². The van der Waals surface area contributed by atoms with Gasteiger partial charge in [-0.1, -0.05) is 12.1 Å². The third kappa shape index (κ3) is 4.82. The Balaban J connectivity index is 1.65. The molecule has 0 aliphatic carbocycles. The molecule has 8 heteroatoms. The number of methoxy groups -OCH3 is 2. The molecule has 3 aromatic rings. The zero-order chi connectivity index (χ0) is 22.5. The number of hydrogen-bond donors (Lipinski definition) is 0. The molecule has 0 unspecified atom stereocenters. The Morgan fingerprint density at radius 2 is 1.94 bits per heavy atom. The number of para-hydroxylation sites is 1. The van der Waals surface area contributed by atoms with Gasteiger partial charge in [-0.2, -0.15) is 0 Å². The molecule has 0 N–H and O–H groups in total. The molecule has 1 saturated heterocycles. The number of anilines is 1. The Hall–Kier alpha value is -2.42. The predicted molar refractivity (Wildman–Crippen MR) is 129 cm³/mol. The van der Waals surface area contributed by atoms with Gasteiger partial charge in [0.15, 0.2) is 11.5 Å². The Bertz CT molecular complexity index is 1050. The molecule has 0 saturated carbocycles. The van der Waals surface area contributed by atoms with E-state index in [9.17, 15) is 0 Å². The second-order valence-electron chi connectivity index (χ2n) is 8.04. The first-order chi connectivity index (χ1) is 15.6. The van der Waals surface area contributed by atoms with E-state index in [4.69, 9.17) is 19.2 Å². The molecular weight excluding hydrogens is 424 g/mol. The van der Waals surface area contributed by atoms with Gasteiger partial charge in [-0.05, 0) is 31.9 Å². The van der Waals surface area contributed by atoms with Gasteiger partial charge < -0.3 is 19.1 Å². The highest BCUT2D eigenvalue weighted by atomic mass is 32.1. The van der Waals surface area contributed by atoms with Gasteiger partial charge in [0.1, 0.15) is 17.0 Å². The molecule has 7 nitrogen and oxygen atoms in total. The molecule has 0 atom stereocenters. The molecule has 0 bridgehead atoms. The standard InChI is InChI=1S/C24H32N4O3S/c1-17-18(2)32-24-21(17)23(25-16-26-24)28(10-6-9-27-11-13-31-14-12-27)15-19-7-5-8-20(29-3)22(19)30-4/h5,7-8,16H,6,9-15H2,1-4H3. The van der Waals surface area contributed by atoms with E-state index in [1.807, 2.05) is 12.1 Å². The first kappa shape index (κ1) is 22.8. The Kier molecular flexibility index (Phi) is 7.44. The first-order valence-corrected chi connectivity index (χ1v) is 11.9. The molecular formula is C24H32N4O3S. The molecule has 0 amide bonds. The molecule has 0 radical (unpaired) electrons. The zero-order valence-electron chi connectivity index (χ0n) is 19.4. The number of fused-ring (bicyclic) bond motifs is 1. The molecule has 1 aromatic carbocycles. The molecule has 1 fully saturated rings. The van der Waals surface area contributed by atoms with Crippen molar-refractivity contribution in [1.29, 1.82) is 0 Å². The van der Waals surface area contributed by atoms with Crippen molar-refractivity contribution in [3.63, 3.8) is 0 Å². The quantitative estimate of drug-likeness (QED) is 0.481. The summed E-state index contributed by atoms with van der Waals surface area (Å²) in [7, 11) is 3.37. The predicted octanol–water partition coefficient (Wildman–Crippen LogP) is 4.05. The van der Waals surface area contributed by atoms with Crippen LogP contribution in [0.4, 0.5) is 5.82 Å². The van der Waals surface area contributed by atoms with E-state index < -0.39 is 0 Å². The van der Waals surface area contributed by atoms with E-state index in [-0.39, 0.29) is 0 Å². The molecule has 3 heterocycles. The van der Waals surface area contributed by atoms with Crippen LogP contribution in [0.5, 0.6) is 11.5 Å². The van der Waals surface area contributed by atoms with E-state index in [2.05, 4.69) is 34.7 Å². The molecule has 0 spiro atoms. The summed E-state index contributed by atoms with van der Waals surface area (Å²) in [6.07, 6.45) is 2.73. The van der Waals surface area contributed by atoms with Gasteiger partial charge in [0.05, 0.1) is 32.8 Å². The minimum absolute atomic E-state index is 0.684. The van der Waals surface area contributed by atoms with Crippen LogP contribution in [0.15, 0.2) is 24.5 Å². The highest BCUT2D eigenvalue weighted by Crippen LogP contribution is 2.37. The third-order valence-corrected chi connectivity index (χ3v) is 7.21. The molecule has 2 aromatic heterocycles. The maximum absolute atomic E-state index is 5.71. The summed E-state index contributed by atoms with van der Waals surface area (Å²) in [6.45, 7) is 10.6. The van der Waals surface area contributed by atoms with Gasteiger partial charge in [0.25, 0.3) is 0 Å². The molecule has 1 aliphatic heterocycles. The highest BCUT2D eigenvalue weighted by Gasteiger charge is 2.20. The van der Waals surface area contributed by atoms with Crippen molar-refractivity contribution in [1.82, 2.24) is 14.9 Å². The van der Waals surface area contributed by atoms with Crippen molar-refractivity contribution in [3.8, 4) is 11.5 Å². The van der Waals surface area contributed by atoms with Crippen molar-refractivity contribution in [2.45, 2.75) is 26.8 Å². The van der Waals surface area contributed by atoms with Crippen LogP contribution < -0.4 is 14.4 Å². The number of hydrogen-bond acceptors (Lipinski definition) is 8. The Morgan fingerprint density at radius 3 is 2.69 bits per heavy atom. The SMILES string of the molecule is COc1cccc(CN(CCCN2CCOCC2)c2ncnc3sc(C)c(C)c23)c1OC. The summed E-state index contributed by atoms with van der Waals surface area (Å²) in [6, 6.07) is 6.04. The first-order valence-electron chi connectivity index (χ1n) is 11.1. The van der Waals surface area contributed by atoms with Crippen LogP contribution in [0, 0.1) is 13.8 Å². The number of aryl methyl sites for hydroxylation is 2. The van der Waals surface area contributed by atoms with Gasteiger partial charge in [0, 0.05) is 43.2 Å². The van der Waals surface area contributed by atoms with Crippen molar-refractivity contribution in [2.75, 3.05) is 58.5 Å². The van der Waals surface area contributed by atoms with E-state index in [0.717, 1.165) is 78.9 Å². The number of benzene rings is 1. The van der Waals surface area contributed by atoms with Crippen molar-refractivity contribution in [2.24, 2.45) is 0 Å². The number of nitrogens with zero attached hydrogens (tertiary/aromatic N) is 4. The Labute approximate surface area is 193 Å². The highest BCUT2D eigenvalue weighted by molar-refractivity contribution is 7.18. The van der Waals surface area contributed by atoms with Gasteiger partial charge >= 0.3 is 0 Å². The Morgan fingerprint density at radius 1 is 1.12 bits per heavy atom. The van der Waals surface area contributed by atoms with Crippen molar-refractivity contribution in [3.05, 3.63) is 40.5 Å². The monoisotopic (exact) mass is 456 g/mol. The maximum atomic E-state index is 5.71. The second-order valence-corrected chi connectivity index (χ2v) is 9.25. The lowest BCUT2D eigenvalue weighted by Crippen LogP contribution is -2.38. The van der Waals surface area contributed by atoms with Gasteiger partial charge in [-0.25, -0.2) is 9.97 Å². The summed E-state index contributed by atoms with van der Waals surface area (Å²) in [5.74, 6) is 2.51. The lowest BCUT2D eigenvalue weighted by Gasteiger charge is -2.29. The van der Waals surface area contributed by atoms with Crippen LogP contribution >= 0.6 is 11.3 Å². The van der Waals surface area contributed by atoms with Crippen LogP contribution in [0.1, 0.15) is 22.4 Å². The normalized spacial score (nSPS) is 14.6. The number of ether oxygens (including phenoxy) is 3. The largest absolute Gasteiger partial charge is 0.493 e. The molecule has 4 rings (SSSR count). The van der Waals surface area contributed by atoms with Gasteiger partial charge in [-0.3, -0.25) is 4.90 Å². The van der Waals surface area contributed by atoms with E-state index in [1.165, 1.54) is 10.4 Å². The number of rotatable bonds is 9. The van der Waals surface area contributed by atoms with Gasteiger partial charge in [-0.15, -0.1) is 11.3 Å². The van der Waals surface area contributed by atoms with Crippen molar-refractivity contribution < 1.29 is 14.2 Å². The average molecular weight is 457 g/mol. The molecule has 32 heavy (non-hydrogen) atoms.